The number of aryl methyl sites for hydroxylation is 1. The number of carbonyl (C=O) groups is 1. The van der Waals surface area contributed by atoms with Gasteiger partial charge in [0, 0.05) is 36.1 Å². The number of hydrogen-bond acceptors (Lipinski definition) is 6. The van der Waals surface area contributed by atoms with Crippen LogP contribution in [0.4, 0.5) is 5.69 Å². The van der Waals surface area contributed by atoms with Crippen LogP contribution in [-0.2, 0) is 22.5 Å². The molecule has 1 aliphatic rings. The minimum atomic E-state index is -0.130. The fourth-order valence-electron chi connectivity index (χ4n) is 6.21. The van der Waals surface area contributed by atoms with Crippen LogP contribution in [0.2, 0.25) is 5.15 Å². The van der Waals surface area contributed by atoms with Gasteiger partial charge in [-0.15, -0.1) is 0 Å². The van der Waals surface area contributed by atoms with Crippen molar-refractivity contribution in [1.82, 2.24) is 0 Å². The number of carbonyl (C=O) groups excluding carboxylic acids is 1. The standard InChI is InChI=1S/C40H40ClN2O4S/c1-5-47-39(44)17-10-9-12-27-18-20-32-31(22-27)30(24-37(41)43(32)26-28-13-7-6-8-14-28)25-38-42(2)33-21-19-29(23-36(33)48-38)40-34(45-3)15-11-16-35(40)46-4/h6-8,11,13-16,18-25H,5,9-10,12,17,26H2,1-4H3/q+1. The number of rotatable bonds is 12. The first-order valence-corrected chi connectivity index (χ1v) is 17.4. The second-order valence-corrected chi connectivity index (χ2v) is 13.2. The third-order valence-corrected chi connectivity index (χ3v) is 10.1. The van der Waals surface area contributed by atoms with Crippen molar-refractivity contribution in [1.29, 1.82) is 0 Å². The van der Waals surface area contributed by atoms with E-state index in [1.165, 1.54) is 11.1 Å². The van der Waals surface area contributed by atoms with Crippen LogP contribution in [0.25, 0.3) is 28.1 Å². The highest BCUT2D eigenvalue weighted by molar-refractivity contribution is 8.03. The van der Waals surface area contributed by atoms with Crippen molar-refractivity contribution in [2.45, 2.75) is 44.0 Å². The molecule has 1 aromatic heterocycles. The molecular formula is C40H40ClN2O4S+. The third-order valence-electron chi connectivity index (χ3n) is 8.64. The molecule has 0 N–H and O–H groups in total. The molecule has 0 fully saturated rings. The van der Waals surface area contributed by atoms with Crippen LogP contribution in [0.5, 0.6) is 11.5 Å². The van der Waals surface area contributed by atoms with E-state index in [1.807, 2.05) is 31.2 Å². The summed E-state index contributed by atoms with van der Waals surface area (Å²) >= 11 is 8.79. The summed E-state index contributed by atoms with van der Waals surface area (Å²) in [6.07, 6.45) is 5.26. The summed E-state index contributed by atoms with van der Waals surface area (Å²) in [5.74, 6) is 1.41. The Kier molecular flexibility index (Phi) is 10.6. The summed E-state index contributed by atoms with van der Waals surface area (Å²) in [5, 5.41) is 2.91. The summed E-state index contributed by atoms with van der Waals surface area (Å²) < 4.78 is 18.7. The number of pyridine rings is 1. The zero-order valence-electron chi connectivity index (χ0n) is 27.8. The normalized spacial score (nSPS) is 13.2. The molecule has 0 radical (unpaired) electrons. The van der Waals surface area contributed by atoms with Gasteiger partial charge in [-0.2, -0.15) is 4.57 Å². The summed E-state index contributed by atoms with van der Waals surface area (Å²) in [6.45, 7) is 2.93. The van der Waals surface area contributed by atoms with E-state index in [0.717, 1.165) is 74.0 Å². The Morgan fingerprint density at radius 2 is 1.67 bits per heavy atom. The average Bonchev–Trinajstić information content (AvgIpc) is 3.42. The van der Waals surface area contributed by atoms with Crippen molar-refractivity contribution in [2.75, 3.05) is 32.8 Å². The van der Waals surface area contributed by atoms with E-state index in [4.69, 9.17) is 25.8 Å². The number of aromatic nitrogens is 1. The van der Waals surface area contributed by atoms with E-state index < -0.39 is 0 Å². The second-order valence-electron chi connectivity index (χ2n) is 11.7. The highest BCUT2D eigenvalue weighted by atomic mass is 35.5. The number of ether oxygens (including phenoxy) is 3. The molecule has 0 saturated heterocycles. The summed E-state index contributed by atoms with van der Waals surface area (Å²) in [4.78, 5) is 15.2. The Morgan fingerprint density at radius 1 is 0.896 bits per heavy atom. The molecule has 48 heavy (non-hydrogen) atoms. The fourth-order valence-corrected chi connectivity index (χ4v) is 7.62. The van der Waals surface area contributed by atoms with Crippen LogP contribution >= 0.6 is 23.4 Å². The Morgan fingerprint density at radius 3 is 2.40 bits per heavy atom. The number of fused-ring (bicyclic) bond motifs is 2. The smallest absolute Gasteiger partial charge is 0.305 e. The number of unbranched alkanes of at least 4 members (excludes halogenated alkanes) is 1. The minimum absolute atomic E-state index is 0.130. The van der Waals surface area contributed by atoms with Gasteiger partial charge in [-0.3, -0.25) is 4.79 Å². The van der Waals surface area contributed by atoms with Crippen molar-refractivity contribution in [2.24, 2.45) is 0 Å². The largest absolute Gasteiger partial charge is 0.496 e. The Balaban J connectivity index is 1.36. The maximum Gasteiger partial charge on any atom is 0.305 e. The molecule has 8 heteroatoms. The first-order chi connectivity index (χ1) is 23.4. The lowest BCUT2D eigenvalue weighted by atomic mass is 10.0. The first-order valence-electron chi connectivity index (χ1n) is 16.2. The number of esters is 1. The number of benzene rings is 4. The van der Waals surface area contributed by atoms with Crippen LogP contribution < -0.4 is 18.9 Å². The van der Waals surface area contributed by atoms with E-state index in [-0.39, 0.29) is 5.97 Å². The van der Waals surface area contributed by atoms with Gasteiger partial charge in [-0.25, -0.2) is 0 Å². The highest BCUT2D eigenvalue weighted by Crippen LogP contribution is 2.49. The van der Waals surface area contributed by atoms with Gasteiger partial charge in [0.15, 0.2) is 6.54 Å². The third kappa shape index (κ3) is 7.18. The summed E-state index contributed by atoms with van der Waals surface area (Å²) in [7, 11) is 5.47. The number of anilines is 1. The fraction of sp³-hybridized carbons (Fsp3) is 0.250. The van der Waals surface area contributed by atoms with Crippen molar-refractivity contribution < 1.29 is 23.6 Å². The molecule has 0 bridgehead atoms. The molecule has 6 rings (SSSR count). The van der Waals surface area contributed by atoms with E-state index >= 15 is 0 Å². The topological polar surface area (TPSA) is 51.9 Å². The molecule has 6 nitrogen and oxygen atoms in total. The number of hydrogen-bond donors (Lipinski definition) is 0. The molecule has 0 aliphatic carbocycles. The maximum atomic E-state index is 11.9. The van der Waals surface area contributed by atoms with Crippen LogP contribution in [0.3, 0.4) is 0 Å². The number of nitrogens with zero attached hydrogens (tertiary/aromatic N) is 2. The van der Waals surface area contributed by atoms with Gasteiger partial charge in [0.2, 0.25) is 5.52 Å². The second kappa shape index (κ2) is 15.2. The molecule has 1 aliphatic heterocycles. The van der Waals surface area contributed by atoms with Crippen LogP contribution in [0.1, 0.15) is 42.9 Å². The molecule has 0 spiro atoms. The van der Waals surface area contributed by atoms with Gasteiger partial charge in [0.25, 0.3) is 5.15 Å². The molecule has 2 heterocycles. The molecule has 4 aromatic carbocycles. The Labute approximate surface area is 291 Å². The lowest BCUT2D eigenvalue weighted by Gasteiger charge is -2.16. The van der Waals surface area contributed by atoms with Gasteiger partial charge in [-0.05, 0) is 90.9 Å². The molecular weight excluding hydrogens is 640 g/mol. The van der Waals surface area contributed by atoms with Crippen LogP contribution in [-0.4, -0.2) is 33.8 Å². The van der Waals surface area contributed by atoms with E-state index in [1.54, 1.807) is 26.0 Å². The van der Waals surface area contributed by atoms with Crippen LogP contribution in [0.15, 0.2) is 101 Å². The molecule has 5 aromatic rings. The zero-order valence-corrected chi connectivity index (χ0v) is 29.4. The highest BCUT2D eigenvalue weighted by Gasteiger charge is 2.26. The lowest BCUT2D eigenvalue weighted by Crippen LogP contribution is -2.37. The maximum absolute atomic E-state index is 11.9. The molecule has 0 amide bonds. The quantitative estimate of drug-likeness (QED) is 0.0567. The average molecular weight is 680 g/mol. The number of halogens is 1. The Bertz CT molecular complexity index is 1960. The predicted molar refractivity (Wildman–Crippen MR) is 196 cm³/mol. The van der Waals surface area contributed by atoms with E-state index in [2.05, 4.69) is 89.3 Å². The Hall–Kier alpha value is -4.46. The van der Waals surface area contributed by atoms with Gasteiger partial charge in [0.05, 0.1) is 42.5 Å². The number of thioether (sulfide) groups is 1. The molecule has 0 saturated carbocycles. The van der Waals surface area contributed by atoms with Crippen molar-refractivity contribution in [3.05, 3.63) is 118 Å². The van der Waals surface area contributed by atoms with Crippen molar-refractivity contribution >= 4 is 52.0 Å². The van der Waals surface area contributed by atoms with Gasteiger partial charge >= 0.3 is 5.97 Å². The van der Waals surface area contributed by atoms with E-state index in [0.29, 0.717) is 24.7 Å². The molecule has 0 unspecified atom stereocenters. The minimum Gasteiger partial charge on any atom is -0.496 e. The SMILES string of the molecule is CCOC(=O)CCCCc1ccc2c(c1)c(C=C1Sc3cc(-c4c(OC)cccc4OC)ccc3N1C)cc(Cl)[n+]2Cc1ccccc1. The van der Waals surface area contributed by atoms with Gasteiger partial charge in [-0.1, -0.05) is 60.3 Å². The van der Waals surface area contributed by atoms with E-state index in [9.17, 15) is 4.79 Å². The summed E-state index contributed by atoms with van der Waals surface area (Å²) in [5.41, 5.74) is 7.65. The van der Waals surface area contributed by atoms with Crippen LogP contribution in [0, 0.1) is 0 Å². The van der Waals surface area contributed by atoms with Crippen molar-refractivity contribution in [3.8, 4) is 22.6 Å². The summed E-state index contributed by atoms with van der Waals surface area (Å²) in [6, 6.07) is 31.4. The first kappa shape index (κ1) is 33.4. The molecule has 246 valence electrons. The monoisotopic (exact) mass is 679 g/mol. The zero-order chi connectivity index (χ0) is 33.6. The lowest BCUT2D eigenvalue weighted by molar-refractivity contribution is -0.660. The van der Waals surface area contributed by atoms with Gasteiger partial charge in [0.1, 0.15) is 11.5 Å². The molecule has 0 atom stereocenters. The predicted octanol–water partition coefficient (Wildman–Crippen LogP) is 9.33. The number of methoxy groups -OCH3 is 2. The van der Waals surface area contributed by atoms with Crippen molar-refractivity contribution in [3.63, 3.8) is 0 Å². The van der Waals surface area contributed by atoms with Gasteiger partial charge < -0.3 is 19.1 Å².